The zero-order valence-corrected chi connectivity index (χ0v) is 16.6. The number of hydrogen-bond acceptors (Lipinski definition) is 3. The maximum atomic E-state index is 6.18. The molecule has 4 rings (SSSR count). The molecule has 0 atom stereocenters. The quantitative estimate of drug-likeness (QED) is 0.347. The first-order valence-electron chi connectivity index (χ1n) is 9.27. The molecule has 0 bridgehead atoms. The summed E-state index contributed by atoms with van der Waals surface area (Å²) in [5.41, 5.74) is 5.87. The lowest BCUT2D eigenvalue weighted by atomic mass is 10.0. The Bertz CT molecular complexity index is 1020. The second-order valence-electron chi connectivity index (χ2n) is 6.56. The molecule has 0 aliphatic heterocycles. The van der Waals surface area contributed by atoms with E-state index in [-0.39, 0.29) is 0 Å². The van der Waals surface area contributed by atoms with Crippen LogP contribution in [0.3, 0.4) is 0 Å². The van der Waals surface area contributed by atoms with E-state index in [4.69, 9.17) is 9.47 Å². The summed E-state index contributed by atoms with van der Waals surface area (Å²) in [4.78, 5) is 1.25. The Kier molecular flexibility index (Phi) is 5.86. The molecule has 3 heteroatoms. The summed E-state index contributed by atoms with van der Waals surface area (Å²) in [5.74, 6) is 0.905. The van der Waals surface area contributed by atoms with Gasteiger partial charge in [-0.05, 0) is 34.2 Å². The van der Waals surface area contributed by atoms with E-state index in [1.54, 1.807) is 18.4 Å². The Morgan fingerprint density at radius 2 is 1.39 bits per heavy atom. The van der Waals surface area contributed by atoms with Crippen molar-refractivity contribution in [2.75, 3.05) is 7.11 Å². The van der Waals surface area contributed by atoms with Crippen LogP contribution in [0.2, 0.25) is 0 Å². The van der Waals surface area contributed by atoms with Crippen LogP contribution in [0.5, 0.6) is 5.75 Å². The van der Waals surface area contributed by atoms with Crippen LogP contribution in [-0.2, 0) is 18.0 Å². The highest BCUT2D eigenvalue weighted by Crippen LogP contribution is 2.41. The Morgan fingerprint density at radius 3 is 2.18 bits per heavy atom. The molecule has 0 fully saturated rings. The monoisotopic (exact) mass is 386 g/mol. The largest absolute Gasteiger partial charge is 0.488 e. The summed E-state index contributed by atoms with van der Waals surface area (Å²) < 4.78 is 11.4. The third-order valence-electron chi connectivity index (χ3n) is 4.61. The van der Waals surface area contributed by atoms with Crippen molar-refractivity contribution >= 4 is 11.3 Å². The van der Waals surface area contributed by atoms with Crippen LogP contribution in [0, 0.1) is 0 Å². The van der Waals surface area contributed by atoms with Crippen LogP contribution < -0.4 is 4.74 Å². The predicted octanol–water partition coefficient (Wildman–Crippen LogP) is 6.81. The van der Waals surface area contributed by atoms with Crippen molar-refractivity contribution in [3.63, 3.8) is 0 Å². The van der Waals surface area contributed by atoms with E-state index in [9.17, 15) is 0 Å². The molecular weight excluding hydrogens is 364 g/mol. The second kappa shape index (κ2) is 8.87. The van der Waals surface area contributed by atoms with Gasteiger partial charge in [0.05, 0.1) is 6.61 Å². The molecule has 0 unspecified atom stereocenters. The Balaban J connectivity index is 1.63. The number of thiophene rings is 1. The van der Waals surface area contributed by atoms with Gasteiger partial charge in [0, 0.05) is 23.1 Å². The van der Waals surface area contributed by atoms with Crippen LogP contribution in [-0.4, -0.2) is 7.11 Å². The molecular formula is C25H22O2S. The van der Waals surface area contributed by atoms with Crippen molar-refractivity contribution in [3.05, 3.63) is 101 Å². The Labute approximate surface area is 170 Å². The van der Waals surface area contributed by atoms with Crippen molar-refractivity contribution in [1.29, 1.82) is 0 Å². The average Bonchev–Trinajstić information content (AvgIpc) is 3.24. The van der Waals surface area contributed by atoms with Crippen LogP contribution in [0.4, 0.5) is 0 Å². The molecule has 1 heterocycles. The molecule has 0 radical (unpaired) electrons. The van der Waals surface area contributed by atoms with E-state index in [1.807, 2.05) is 30.3 Å². The van der Waals surface area contributed by atoms with Crippen LogP contribution in [0.1, 0.15) is 11.1 Å². The number of benzene rings is 3. The number of para-hydroxylation sites is 1. The first-order chi connectivity index (χ1) is 13.8. The fourth-order valence-corrected chi connectivity index (χ4v) is 4.13. The number of hydrogen-bond donors (Lipinski definition) is 0. The summed E-state index contributed by atoms with van der Waals surface area (Å²) in [5, 5.41) is 2.14. The standard InChI is InChI=1S/C25H22O2S/c1-26-17-20-11-13-21(14-12-20)25-23(15-16-28-25)22-9-5-6-10-24(22)27-18-19-7-3-2-4-8-19/h2-16H,17-18H2,1H3. The number of methoxy groups -OCH3 is 1. The van der Waals surface area contributed by atoms with E-state index < -0.39 is 0 Å². The summed E-state index contributed by atoms with van der Waals surface area (Å²) in [6, 6.07) is 29.3. The van der Waals surface area contributed by atoms with Gasteiger partial charge in [-0.25, -0.2) is 0 Å². The second-order valence-corrected chi connectivity index (χ2v) is 7.48. The molecule has 0 N–H and O–H groups in total. The van der Waals surface area contributed by atoms with E-state index in [2.05, 4.69) is 60.0 Å². The summed E-state index contributed by atoms with van der Waals surface area (Å²) >= 11 is 1.75. The molecule has 28 heavy (non-hydrogen) atoms. The van der Waals surface area contributed by atoms with E-state index in [1.165, 1.54) is 21.6 Å². The van der Waals surface area contributed by atoms with Gasteiger partial charge in [0.25, 0.3) is 0 Å². The van der Waals surface area contributed by atoms with Gasteiger partial charge < -0.3 is 9.47 Å². The highest BCUT2D eigenvalue weighted by Gasteiger charge is 2.13. The van der Waals surface area contributed by atoms with Gasteiger partial charge in [0.15, 0.2) is 0 Å². The molecule has 0 spiro atoms. The maximum absolute atomic E-state index is 6.18. The minimum absolute atomic E-state index is 0.559. The van der Waals surface area contributed by atoms with E-state index in [0.29, 0.717) is 13.2 Å². The van der Waals surface area contributed by atoms with Gasteiger partial charge in [-0.1, -0.05) is 72.8 Å². The minimum atomic E-state index is 0.559. The summed E-state index contributed by atoms with van der Waals surface area (Å²) in [7, 11) is 1.72. The molecule has 0 saturated heterocycles. The maximum Gasteiger partial charge on any atom is 0.127 e. The molecule has 0 aliphatic carbocycles. The van der Waals surface area contributed by atoms with Gasteiger partial charge in [-0.2, -0.15) is 0 Å². The Hall–Kier alpha value is -2.88. The lowest BCUT2D eigenvalue weighted by Crippen LogP contribution is -1.96. The lowest BCUT2D eigenvalue weighted by Gasteiger charge is -2.13. The molecule has 1 aromatic heterocycles. The van der Waals surface area contributed by atoms with Gasteiger partial charge in [-0.3, -0.25) is 0 Å². The van der Waals surface area contributed by atoms with Crippen molar-refractivity contribution in [1.82, 2.24) is 0 Å². The van der Waals surface area contributed by atoms with Crippen molar-refractivity contribution in [2.24, 2.45) is 0 Å². The normalized spacial score (nSPS) is 10.8. The third kappa shape index (κ3) is 4.16. The van der Waals surface area contributed by atoms with Crippen LogP contribution >= 0.6 is 11.3 Å². The number of rotatable bonds is 7. The SMILES string of the molecule is COCc1ccc(-c2sccc2-c2ccccc2OCc2ccccc2)cc1. The molecule has 0 saturated carbocycles. The van der Waals surface area contributed by atoms with Gasteiger partial charge >= 0.3 is 0 Å². The summed E-state index contributed by atoms with van der Waals surface area (Å²) in [6.07, 6.45) is 0. The fourth-order valence-electron chi connectivity index (χ4n) is 3.21. The van der Waals surface area contributed by atoms with Gasteiger partial charge in [-0.15, -0.1) is 11.3 Å². The first-order valence-corrected chi connectivity index (χ1v) is 10.1. The van der Waals surface area contributed by atoms with Crippen molar-refractivity contribution in [2.45, 2.75) is 13.2 Å². The molecule has 2 nitrogen and oxygen atoms in total. The zero-order valence-electron chi connectivity index (χ0n) is 15.8. The van der Waals surface area contributed by atoms with Crippen LogP contribution in [0.15, 0.2) is 90.3 Å². The van der Waals surface area contributed by atoms with Crippen molar-refractivity contribution in [3.8, 4) is 27.3 Å². The average molecular weight is 387 g/mol. The summed E-state index contributed by atoms with van der Waals surface area (Å²) in [6.45, 7) is 1.19. The van der Waals surface area contributed by atoms with E-state index >= 15 is 0 Å². The molecule has 0 aliphatic rings. The molecule has 4 aromatic rings. The molecule has 140 valence electrons. The lowest BCUT2D eigenvalue weighted by molar-refractivity contribution is 0.185. The molecule has 3 aromatic carbocycles. The molecule has 0 amide bonds. The number of ether oxygens (including phenoxy) is 2. The van der Waals surface area contributed by atoms with Gasteiger partial charge in [0.1, 0.15) is 12.4 Å². The van der Waals surface area contributed by atoms with Gasteiger partial charge in [0.2, 0.25) is 0 Å². The Morgan fingerprint density at radius 1 is 0.679 bits per heavy atom. The predicted molar refractivity (Wildman–Crippen MR) is 117 cm³/mol. The minimum Gasteiger partial charge on any atom is -0.488 e. The third-order valence-corrected chi connectivity index (χ3v) is 5.57. The fraction of sp³-hybridized carbons (Fsp3) is 0.120. The van der Waals surface area contributed by atoms with Crippen LogP contribution in [0.25, 0.3) is 21.6 Å². The van der Waals surface area contributed by atoms with Crippen molar-refractivity contribution < 1.29 is 9.47 Å². The smallest absolute Gasteiger partial charge is 0.127 e. The first kappa shape index (κ1) is 18.5. The highest BCUT2D eigenvalue weighted by molar-refractivity contribution is 7.14. The van der Waals surface area contributed by atoms with E-state index in [0.717, 1.165) is 16.9 Å². The highest BCUT2D eigenvalue weighted by atomic mass is 32.1. The zero-order chi connectivity index (χ0) is 19.2. The topological polar surface area (TPSA) is 18.5 Å².